The van der Waals surface area contributed by atoms with Gasteiger partial charge in [-0.25, -0.2) is 0 Å². The van der Waals surface area contributed by atoms with Crippen molar-refractivity contribution in [3.8, 4) is 5.75 Å². The van der Waals surface area contributed by atoms with Gasteiger partial charge in [-0.1, -0.05) is 41.9 Å². The van der Waals surface area contributed by atoms with Gasteiger partial charge in [0.15, 0.2) is 0 Å². The van der Waals surface area contributed by atoms with Crippen molar-refractivity contribution < 1.29 is 14.3 Å². The van der Waals surface area contributed by atoms with E-state index in [0.717, 1.165) is 11.1 Å². The number of benzene rings is 2. The fraction of sp³-hybridized carbons (Fsp3) is 0.188. The minimum absolute atomic E-state index is 0.192. The first-order valence-corrected chi connectivity index (χ1v) is 6.61. The molecule has 0 radical (unpaired) electrons. The van der Waals surface area contributed by atoms with Crippen LogP contribution >= 0.6 is 11.6 Å². The van der Waals surface area contributed by atoms with Gasteiger partial charge in [0.1, 0.15) is 19.0 Å². The molecule has 0 spiro atoms. The summed E-state index contributed by atoms with van der Waals surface area (Å²) in [6.45, 7) is 2.03. The lowest BCUT2D eigenvalue weighted by Crippen LogP contribution is -2.00. The van der Waals surface area contributed by atoms with Crippen molar-refractivity contribution in [3.05, 3.63) is 64.7 Å². The van der Waals surface area contributed by atoms with Crippen molar-refractivity contribution in [2.75, 3.05) is 0 Å². The molecule has 0 N–H and O–H groups in total. The average Bonchev–Trinajstić information content (AvgIpc) is 2.44. The number of hydrogen-bond acceptors (Lipinski definition) is 3. The van der Waals surface area contributed by atoms with E-state index in [4.69, 9.17) is 21.1 Å². The average molecular weight is 291 g/mol. The van der Waals surface area contributed by atoms with E-state index in [1.165, 1.54) is 6.92 Å². The van der Waals surface area contributed by atoms with Crippen LogP contribution in [-0.2, 0) is 22.7 Å². The Kier molecular flexibility index (Phi) is 5.02. The third kappa shape index (κ3) is 4.59. The highest BCUT2D eigenvalue weighted by Gasteiger charge is 2.03. The van der Waals surface area contributed by atoms with Crippen LogP contribution in [0.2, 0.25) is 5.02 Å². The number of hydrogen-bond donors (Lipinski definition) is 0. The summed E-state index contributed by atoms with van der Waals surface area (Å²) in [6, 6.07) is 15.2. The lowest BCUT2D eigenvalue weighted by molar-refractivity contribution is -0.142. The first kappa shape index (κ1) is 14.4. The highest BCUT2D eigenvalue weighted by atomic mass is 35.5. The molecular weight excluding hydrogens is 276 g/mol. The van der Waals surface area contributed by atoms with Gasteiger partial charge in [-0.05, 0) is 29.3 Å². The lowest BCUT2D eigenvalue weighted by atomic mass is 10.2. The Hall–Kier alpha value is -2.00. The zero-order chi connectivity index (χ0) is 14.4. The molecule has 104 valence electrons. The van der Waals surface area contributed by atoms with Gasteiger partial charge in [-0.15, -0.1) is 0 Å². The number of carbonyl (C=O) groups is 1. The molecule has 0 atom stereocenters. The summed E-state index contributed by atoms with van der Waals surface area (Å²) < 4.78 is 10.6. The van der Waals surface area contributed by atoms with E-state index in [0.29, 0.717) is 17.4 Å². The molecule has 4 heteroatoms. The Morgan fingerprint density at radius 3 is 2.50 bits per heavy atom. The van der Waals surface area contributed by atoms with Gasteiger partial charge in [0.05, 0.1) is 0 Å². The van der Waals surface area contributed by atoms with Gasteiger partial charge in [0.25, 0.3) is 0 Å². The second-order valence-corrected chi connectivity index (χ2v) is 4.79. The highest BCUT2D eigenvalue weighted by Crippen LogP contribution is 2.22. The molecule has 0 aromatic heterocycles. The molecule has 2 rings (SSSR count). The van der Waals surface area contributed by atoms with Crippen molar-refractivity contribution >= 4 is 17.6 Å². The topological polar surface area (TPSA) is 35.5 Å². The molecule has 0 bridgehead atoms. The number of ether oxygens (including phenoxy) is 2. The number of carbonyl (C=O) groups excluding carboxylic acids is 1. The number of halogens is 1. The summed E-state index contributed by atoms with van der Waals surface area (Å²) in [4.78, 5) is 10.8. The maximum Gasteiger partial charge on any atom is 0.302 e. The van der Waals surface area contributed by atoms with E-state index in [1.54, 1.807) is 12.1 Å². The van der Waals surface area contributed by atoms with Crippen molar-refractivity contribution in [3.63, 3.8) is 0 Å². The molecule has 20 heavy (non-hydrogen) atoms. The molecule has 0 saturated carbocycles. The third-order valence-electron chi connectivity index (χ3n) is 2.62. The van der Waals surface area contributed by atoms with Crippen LogP contribution in [0.5, 0.6) is 5.75 Å². The fourth-order valence-electron chi connectivity index (χ4n) is 1.71. The number of rotatable bonds is 5. The van der Waals surface area contributed by atoms with Gasteiger partial charge in [-0.3, -0.25) is 4.79 Å². The second-order valence-electron chi connectivity index (χ2n) is 4.35. The number of esters is 1. The molecular formula is C16H15ClO3. The summed E-state index contributed by atoms with van der Waals surface area (Å²) in [5, 5.41) is 0.553. The van der Waals surface area contributed by atoms with Gasteiger partial charge in [0.2, 0.25) is 0 Å². The van der Waals surface area contributed by atoms with Crippen LogP contribution in [-0.4, -0.2) is 5.97 Å². The normalized spacial score (nSPS) is 10.1. The monoisotopic (exact) mass is 290 g/mol. The van der Waals surface area contributed by atoms with Crippen molar-refractivity contribution in [1.29, 1.82) is 0 Å². The maximum absolute atomic E-state index is 10.8. The Labute approximate surface area is 123 Å². The van der Waals surface area contributed by atoms with Gasteiger partial charge >= 0.3 is 5.97 Å². The van der Waals surface area contributed by atoms with E-state index in [9.17, 15) is 4.79 Å². The minimum Gasteiger partial charge on any atom is -0.489 e. The van der Waals surface area contributed by atoms with E-state index < -0.39 is 0 Å². The highest BCUT2D eigenvalue weighted by molar-refractivity contribution is 6.30. The van der Waals surface area contributed by atoms with Gasteiger partial charge < -0.3 is 9.47 Å². The summed E-state index contributed by atoms with van der Waals surface area (Å²) in [6.07, 6.45) is 0. The van der Waals surface area contributed by atoms with Gasteiger partial charge in [0, 0.05) is 11.9 Å². The maximum atomic E-state index is 10.8. The Bertz CT molecular complexity index is 582. The molecule has 2 aromatic carbocycles. The first-order chi connectivity index (χ1) is 9.63. The standard InChI is InChI=1S/C16H15ClO3/c1-12(18)19-11-14-7-15(17)9-16(8-14)20-10-13-5-3-2-4-6-13/h2-9H,10-11H2,1H3. The smallest absolute Gasteiger partial charge is 0.302 e. The Balaban J connectivity index is 2.02. The second kappa shape index (κ2) is 6.96. The van der Waals surface area contributed by atoms with E-state index in [2.05, 4.69) is 0 Å². The molecule has 2 aromatic rings. The van der Waals surface area contributed by atoms with Crippen molar-refractivity contribution in [1.82, 2.24) is 0 Å². The summed E-state index contributed by atoms with van der Waals surface area (Å²) in [7, 11) is 0. The summed E-state index contributed by atoms with van der Waals surface area (Å²) in [5.41, 5.74) is 1.88. The van der Waals surface area contributed by atoms with E-state index in [1.807, 2.05) is 36.4 Å². The van der Waals surface area contributed by atoms with Crippen LogP contribution in [0, 0.1) is 0 Å². The van der Waals surface area contributed by atoms with Crippen molar-refractivity contribution in [2.24, 2.45) is 0 Å². The summed E-state index contributed by atoms with van der Waals surface area (Å²) in [5.74, 6) is 0.334. The summed E-state index contributed by atoms with van der Waals surface area (Å²) >= 11 is 6.03. The third-order valence-corrected chi connectivity index (χ3v) is 2.84. The fourth-order valence-corrected chi connectivity index (χ4v) is 1.96. The van der Waals surface area contributed by atoms with Crippen LogP contribution in [0.1, 0.15) is 18.1 Å². The molecule has 0 amide bonds. The first-order valence-electron chi connectivity index (χ1n) is 6.23. The predicted molar refractivity (Wildman–Crippen MR) is 77.7 cm³/mol. The van der Waals surface area contributed by atoms with Crippen LogP contribution in [0.3, 0.4) is 0 Å². The molecule has 0 aliphatic heterocycles. The largest absolute Gasteiger partial charge is 0.489 e. The molecule has 0 saturated heterocycles. The van der Waals surface area contributed by atoms with Crippen LogP contribution in [0.15, 0.2) is 48.5 Å². The van der Waals surface area contributed by atoms with Crippen LogP contribution in [0.4, 0.5) is 0 Å². The zero-order valence-electron chi connectivity index (χ0n) is 11.1. The molecule has 0 unspecified atom stereocenters. The van der Waals surface area contributed by atoms with E-state index >= 15 is 0 Å². The van der Waals surface area contributed by atoms with E-state index in [-0.39, 0.29) is 12.6 Å². The molecule has 0 aliphatic rings. The lowest BCUT2D eigenvalue weighted by Gasteiger charge is -2.09. The van der Waals surface area contributed by atoms with Gasteiger partial charge in [-0.2, -0.15) is 0 Å². The van der Waals surface area contributed by atoms with Crippen molar-refractivity contribution in [2.45, 2.75) is 20.1 Å². The van der Waals surface area contributed by atoms with Crippen LogP contribution in [0.25, 0.3) is 0 Å². The molecule has 0 heterocycles. The Morgan fingerprint density at radius 2 is 1.80 bits per heavy atom. The van der Waals surface area contributed by atoms with Crippen LogP contribution < -0.4 is 4.74 Å². The SMILES string of the molecule is CC(=O)OCc1cc(Cl)cc(OCc2ccccc2)c1. The molecule has 0 fully saturated rings. The minimum atomic E-state index is -0.322. The molecule has 3 nitrogen and oxygen atoms in total. The Morgan fingerprint density at radius 1 is 1.05 bits per heavy atom. The quantitative estimate of drug-likeness (QED) is 0.781. The molecule has 0 aliphatic carbocycles. The zero-order valence-corrected chi connectivity index (χ0v) is 11.9. The predicted octanol–water partition coefficient (Wildman–Crippen LogP) is 3.98.